The van der Waals surface area contributed by atoms with E-state index in [4.69, 9.17) is 14.2 Å². The summed E-state index contributed by atoms with van der Waals surface area (Å²) < 4.78 is 137. The molecular formula is C17H27F9O6. The maximum atomic E-state index is 12.0. The maximum Gasteiger partial charge on any atom is 0.411 e. The molecule has 0 aromatic heterocycles. The summed E-state index contributed by atoms with van der Waals surface area (Å²) in [5.41, 5.74) is -0.905. The number of hydrogen-bond acceptors (Lipinski definition) is 6. The fourth-order valence-electron chi connectivity index (χ4n) is 2.00. The Morgan fingerprint density at radius 2 is 0.562 bits per heavy atom. The molecule has 15 heteroatoms. The van der Waals surface area contributed by atoms with Gasteiger partial charge in [-0.2, -0.15) is 39.5 Å². The van der Waals surface area contributed by atoms with Crippen molar-refractivity contribution < 1.29 is 67.9 Å². The SMILES string of the molecule is CC(COCCOCC(F)(F)F)(COCCOCC(F)(F)F)COCCOCC(F)(F)F. The zero-order valence-electron chi connectivity index (χ0n) is 17.3. The Bertz CT molecular complexity index is 404. The summed E-state index contributed by atoms with van der Waals surface area (Å²) in [5.74, 6) is 0. The number of ether oxygens (including phenoxy) is 6. The third-order valence-electron chi connectivity index (χ3n) is 3.26. The summed E-state index contributed by atoms with van der Waals surface area (Å²) >= 11 is 0. The molecule has 0 fully saturated rings. The van der Waals surface area contributed by atoms with E-state index in [1.54, 1.807) is 6.92 Å². The lowest BCUT2D eigenvalue weighted by Gasteiger charge is -2.29. The molecule has 0 N–H and O–H groups in total. The van der Waals surface area contributed by atoms with Crippen LogP contribution in [-0.4, -0.2) is 97.8 Å². The smallest absolute Gasteiger partial charge is 0.378 e. The van der Waals surface area contributed by atoms with Crippen LogP contribution in [0, 0.1) is 5.41 Å². The standard InChI is InChI=1S/C17H27F9O6/c1-14(8-27-2-5-30-11-15(18,19)20,9-28-3-6-31-12-16(21,22)23)10-29-4-7-32-13-17(24,25)26/h2-13H2,1H3. The number of halogens is 9. The van der Waals surface area contributed by atoms with Crippen LogP contribution in [0.15, 0.2) is 0 Å². The Hall–Kier alpha value is -0.870. The van der Waals surface area contributed by atoms with E-state index in [-0.39, 0.29) is 59.5 Å². The Balaban J connectivity index is 4.28. The van der Waals surface area contributed by atoms with Gasteiger partial charge in [0.2, 0.25) is 0 Å². The van der Waals surface area contributed by atoms with Gasteiger partial charge >= 0.3 is 18.5 Å². The molecule has 0 rings (SSSR count). The van der Waals surface area contributed by atoms with E-state index in [1.165, 1.54) is 0 Å². The average molecular weight is 498 g/mol. The first kappa shape index (κ1) is 31.1. The lowest BCUT2D eigenvalue weighted by Crippen LogP contribution is -2.36. The highest BCUT2D eigenvalue weighted by molar-refractivity contribution is 4.73. The van der Waals surface area contributed by atoms with Crippen molar-refractivity contribution in [2.75, 3.05) is 79.3 Å². The Labute approximate surface area is 179 Å². The predicted molar refractivity (Wildman–Crippen MR) is 91.2 cm³/mol. The van der Waals surface area contributed by atoms with Gasteiger partial charge in [0, 0.05) is 5.41 Å². The van der Waals surface area contributed by atoms with Crippen molar-refractivity contribution in [1.29, 1.82) is 0 Å². The molecule has 0 bridgehead atoms. The summed E-state index contributed by atoms with van der Waals surface area (Å²) in [6.45, 7) is -4.55. The highest BCUT2D eigenvalue weighted by Crippen LogP contribution is 2.20. The minimum absolute atomic E-state index is 0.0881. The van der Waals surface area contributed by atoms with Gasteiger partial charge in [0.25, 0.3) is 0 Å². The van der Waals surface area contributed by atoms with Crippen LogP contribution < -0.4 is 0 Å². The van der Waals surface area contributed by atoms with Crippen molar-refractivity contribution in [3.05, 3.63) is 0 Å². The van der Waals surface area contributed by atoms with Crippen molar-refractivity contribution in [1.82, 2.24) is 0 Å². The second-order valence-corrected chi connectivity index (χ2v) is 6.97. The van der Waals surface area contributed by atoms with Gasteiger partial charge in [0.15, 0.2) is 0 Å². The lowest BCUT2D eigenvalue weighted by atomic mass is 9.94. The fraction of sp³-hybridized carbons (Fsp3) is 1.00. The normalized spacial score (nSPS) is 13.7. The van der Waals surface area contributed by atoms with Gasteiger partial charge in [-0.3, -0.25) is 0 Å². The first-order valence-electron chi connectivity index (χ1n) is 9.29. The number of hydrogen-bond donors (Lipinski definition) is 0. The van der Waals surface area contributed by atoms with Crippen LogP contribution in [0.3, 0.4) is 0 Å². The van der Waals surface area contributed by atoms with Crippen LogP contribution in [0.2, 0.25) is 0 Å². The first-order chi connectivity index (χ1) is 14.6. The topological polar surface area (TPSA) is 55.4 Å². The molecule has 0 aliphatic heterocycles. The van der Waals surface area contributed by atoms with E-state index >= 15 is 0 Å². The average Bonchev–Trinajstić information content (AvgIpc) is 2.61. The van der Waals surface area contributed by atoms with Crippen molar-refractivity contribution >= 4 is 0 Å². The van der Waals surface area contributed by atoms with E-state index in [0.717, 1.165) is 0 Å². The van der Waals surface area contributed by atoms with Crippen LogP contribution >= 0.6 is 0 Å². The molecule has 194 valence electrons. The van der Waals surface area contributed by atoms with Gasteiger partial charge in [-0.25, -0.2) is 0 Å². The van der Waals surface area contributed by atoms with Gasteiger partial charge < -0.3 is 28.4 Å². The molecule has 0 aromatic rings. The summed E-state index contributed by atoms with van der Waals surface area (Å²) in [4.78, 5) is 0. The van der Waals surface area contributed by atoms with Crippen LogP contribution in [0.4, 0.5) is 39.5 Å². The zero-order valence-corrected chi connectivity index (χ0v) is 17.3. The minimum Gasteiger partial charge on any atom is -0.378 e. The summed E-state index contributed by atoms with van der Waals surface area (Å²) in [5, 5.41) is 0. The van der Waals surface area contributed by atoms with Crippen molar-refractivity contribution in [2.45, 2.75) is 25.5 Å². The molecule has 0 aliphatic carbocycles. The molecule has 32 heavy (non-hydrogen) atoms. The van der Waals surface area contributed by atoms with E-state index in [0.29, 0.717) is 0 Å². The number of rotatable bonds is 18. The van der Waals surface area contributed by atoms with Crippen LogP contribution in [0.5, 0.6) is 0 Å². The lowest BCUT2D eigenvalue weighted by molar-refractivity contribution is -0.179. The summed E-state index contributed by atoms with van der Waals surface area (Å²) in [6.07, 6.45) is -13.4. The van der Waals surface area contributed by atoms with Crippen molar-refractivity contribution in [2.24, 2.45) is 5.41 Å². The van der Waals surface area contributed by atoms with Crippen molar-refractivity contribution in [3.63, 3.8) is 0 Å². The van der Waals surface area contributed by atoms with E-state index in [2.05, 4.69) is 14.2 Å². The fourth-order valence-corrected chi connectivity index (χ4v) is 2.00. The van der Waals surface area contributed by atoms with Crippen LogP contribution in [0.1, 0.15) is 6.92 Å². The molecule has 0 unspecified atom stereocenters. The highest BCUT2D eigenvalue weighted by atomic mass is 19.4. The van der Waals surface area contributed by atoms with Crippen molar-refractivity contribution in [3.8, 4) is 0 Å². The molecule has 0 radical (unpaired) electrons. The Morgan fingerprint density at radius 1 is 0.375 bits per heavy atom. The third kappa shape index (κ3) is 22.3. The summed E-state index contributed by atoms with van der Waals surface area (Å²) in [6, 6.07) is 0. The molecular weight excluding hydrogens is 471 g/mol. The zero-order chi connectivity index (χ0) is 24.7. The van der Waals surface area contributed by atoms with E-state index in [9.17, 15) is 39.5 Å². The largest absolute Gasteiger partial charge is 0.411 e. The predicted octanol–water partition coefficient (Wildman–Crippen LogP) is 3.78. The van der Waals surface area contributed by atoms with Gasteiger partial charge in [0.05, 0.1) is 59.5 Å². The van der Waals surface area contributed by atoms with Crippen LogP contribution in [0.25, 0.3) is 0 Å². The van der Waals surface area contributed by atoms with Crippen LogP contribution in [-0.2, 0) is 28.4 Å². The summed E-state index contributed by atoms with van der Waals surface area (Å²) in [7, 11) is 0. The Morgan fingerprint density at radius 3 is 0.750 bits per heavy atom. The maximum absolute atomic E-state index is 12.0. The first-order valence-corrected chi connectivity index (χ1v) is 9.29. The molecule has 0 saturated heterocycles. The third-order valence-corrected chi connectivity index (χ3v) is 3.26. The molecule has 0 amide bonds. The molecule has 0 aromatic carbocycles. The van der Waals surface area contributed by atoms with Gasteiger partial charge in [-0.05, 0) is 0 Å². The Kier molecular flexibility index (Phi) is 14.7. The number of alkyl halides is 9. The van der Waals surface area contributed by atoms with E-state index < -0.39 is 43.8 Å². The quantitative estimate of drug-likeness (QED) is 0.212. The highest BCUT2D eigenvalue weighted by Gasteiger charge is 2.30. The van der Waals surface area contributed by atoms with Gasteiger partial charge in [0.1, 0.15) is 19.8 Å². The molecule has 6 nitrogen and oxygen atoms in total. The second kappa shape index (κ2) is 15.1. The van der Waals surface area contributed by atoms with Gasteiger partial charge in [-0.15, -0.1) is 0 Å². The monoisotopic (exact) mass is 498 g/mol. The van der Waals surface area contributed by atoms with E-state index in [1.807, 2.05) is 0 Å². The molecule has 0 heterocycles. The minimum atomic E-state index is -4.47. The second-order valence-electron chi connectivity index (χ2n) is 6.97. The molecule has 0 atom stereocenters. The molecule has 0 spiro atoms. The molecule has 0 aliphatic rings. The van der Waals surface area contributed by atoms with Gasteiger partial charge in [-0.1, -0.05) is 6.92 Å². The molecule has 0 saturated carbocycles.